The molecular formula is C27H19BrFN3O3S2. The Morgan fingerprint density at radius 2 is 1.70 bits per heavy atom. The van der Waals surface area contributed by atoms with Crippen LogP contribution in [-0.2, 0) is 15.3 Å². The van der Waals surface area contributed by atoms with Crippen LogP contribution < -0.4 is 4.90 Å². The van der Waals surface area contributed by atoms with E-state index in [2.05, 4.69) is 26.1 Å². The first kappa shape index (κ1) is 25.3. The topological polar surface area (TPSA) is 83.4 Å². The molecule has 1 N–H and O–H groups in total. The van der Waals surface area contributed by atoms with Crippen molar-refractivity contribution in [3.05, 3.63) is 111 Å². The Balaban J connectivity index is 1.53. The SMILES string of the molecule is Cc1ccc(/C(O)=C2/C(=O)C(=O)N(c3nnc(SCc4ccc(F)cc4)s3)C2c2ccc(Br)cc2)cc1. The van der Waals surface area contributed by atoms with Crippen LogP contribution in [0, 0.1) is 12.7 Å². The van der Waals surface area contributed by atoms with Gasteiger partial charge in [-0.1, -0.05) is 93.1 Å². The van der Waals surface area contributed by atoms with Gasteiger partial charge in [0.25, 0.3) is 5.78 Å². The van der Waals surface area contributed by atoms with E-state index >= 15 is 0 Å². The summed E-state index contributed by atoms with van der Waals surface area (Å²) >= 11 is 5.99. The monoisotopic (exact) mass is 595 g/mol. The standard InChI is InChI=1S/C27H19BrFN3O3S2/c1-15-2-6-18(7-3-15)23(33)21-22(17-8-10-19(28)11-9-17)32(25(35)24(21)34)26-30-31-27(37-26)36-14-16-4-12-20(29)13-5-16/h2-13,22,33H,14H2,1H3/b23-21-. The number of ketones is 1. The average molecular weight is 597 g/mol. The van der Waals surface area contributed by atoms with Crippen LogP contribution in [0.1, 0.15) is 28.3 Å². The summed E-state index contributed by atoms with van der Waals surface area (Å²) in [4.78, 5) is 27.9. The van der Waals surface area contributed by atoms with E-state index in [1.165, 1.54) is 40.1 Å². The number of aliphatic hydroxyl groups is 1. The smallest absolute Gasteiger partial charge is 0.301 e. The summed E-state index contributed by atoms with van der Waals surface area (Å²) in [6.07, 6.45) is 0. The second kappa shape index (κ2) is 10.6. The third-order valence-electron chi connectivity index (χ3n) is 5.83. The zero-order valence-electron chi connectivity index (χ0n) is 19.4. The zero-order valence-corrected chi connectivity index (χ0v) is 22.6. The lowest BCUT2D eigenvalue weighted by Gasteiger charge is -2.22. The molecule has 6 nitrogen and oxygen atoms in total. The van der Waals surface area contributed by atoms with Crippen molar-refractivity contribution in [1.29, 1.82) is 0 Å². The van der Waals surface area contributed by atoms with Gasteiger partial charge in [0, 0.05) is 15.8 Å². The van der Waals surface area contributed by atoms with Crippen LogP contribution >= 0.6 is 39.0 Å². The van der Waals surface area contributed by atoms with Crippen LogP contribution in [0.15, 0.2) is 87.2 Å². The van der Waals surface area contributed by atoms with E-state index in [0.29, 0.717) is 21.2 Å². The zero-order chi connectivity index (χ0) is 26.1. The number of thioether (sulfide) groups is 1. The van der Waals surface area contributed by atoms with E-state index in [1.807, 2.05) is 31.2 Å². The summed E-state index contributed by atoms with van der Waals surface area (Å²) in [7, 11) is 0. The highest BCUT2D eigenvalue weighted by Gasteiger charge is 2.48. The van der Waals surface area contributed by atoms with Gasteiger partial charge in [0.2, 0.25) is 5.13 Å². The van der Waals surface area contributed by atoms with Crippen molar-refractivity contribution >= 4 is 61.6 Å². The van der Waals surface area contributed by atoms with E-state index in [4.69, 9.17) is 0 Å². The van der Waals surface area contributed by atoms with Crippen molar-refractivity contribution in [3.63, 3.8) is 0 Å². The van der Waals surface area contributed by atoms with Gasteiger partial charge in [0.15, 0.2) is 4.34 Å². The Hall–Kier alpha value is -3.34. The molecule has 0 saturated carbocycles. The number of aliphatic hydroxyl groups excluding tert-OH is 1. The molecule has 10 heteroatoms. The number of halogens is 2. The number of amides is 1. The molecule has 1 fully saturated rings. The predicted molar refractivity (Wildman–Crippen MR) is 146 cm³/mol. The molecule has 3 aromatic carbocycles. The molecule has 1 unspecified atom stereocenters. The minimum Gasteiger partial charge on any atom is -0.507 e. The average Bonchev–Trinajstić information content (AvgIpc) is 3.46. The number of anilines is 1. The van der Waals surface area contributed by atoms with Gasteiger partial charge >= 0.3 is 5.91 Å². The van der Waals surface area contributed by atoms with Crippen molar-refractivity contribution in [2.24, 2.45) is 0 Å². The lowest BCUT2D eigenvalue weighted by molar-refractivity contribution is -0.132. The van der Waals surface area contributed by atoms with Crippen molar-refractivity contribution < 1.29 is 19.1 Å². The number of Topliss-reactive ketones (excluding diaryl/α,β-unsaturated/α-hetero) is 1. The van der Waals surface area contributed by atoms with E-state index in [0.717, 1.165) is 15.6 Å². The highest BCUT2D eigenvalue weighted by Crippen LogP contribution is 2.44. The van der Waals surface area contributed by atoms with Crippen molar-refractivity contribution in [3.8, 4) is 0 Å². The quantitative estimate of drug-likeness (QED) is 0.0881. The van der Waals surface area contributed by atoms with Crippen molar-refractivity contribution in [2.45, 2.75) is 23.1 Å². The van der Waals surface area contributed by atoms with Crippen LogP contribution in [0.5, 0.6) is 0 Å². The first-order valence-corrected chi connectivity index (χ1v) is 13.8. The van der Waals surface area contributed by atoms with Crippen LogP contribution in [-0.4, -0.2) is 27.0 Å². The minimum absolute atomic E-state index is 0.00751. The molecule has 0 spiro atoms. The Bertz CT molecular complexity index is 1500. The maximum Gasteiger partial charge on any atom is 0.301 e. The van der Waals surface area contributed by atoms with Gasteiger partial charge < -0.3 is 5.11 Å². The number of nitrogens with zero attached hydrogens (tertiary/aromatic N) is 3. The molecule has 1 saturated heterocycles. The first-order valence-electron chi connectivity index (χ1n) is 11.2. The molecule has 2 heterocycles. The van der Waals surface area contributed by atoms with Crippen LogP contribution in [0.2, 0.25) is 0 Å². The largest absolute Gasteiger partial charge is 0.507 e. The Kier molecular flexibility index (Phi) is 7.23. The molecule has 37 heavy (non-hydrogen) atoms. The maximum atomic E-state index is 13.3. The number of aromatic nitrogens is 2. The van der Waals surface area contributed by atoms with Gasteiger partial charge in [-0.15, -0.1) is 10.2 Å². The number of aryl methyl sites for hydroxylation is 1. The number of hydrogen-bond acceptors (Lipinski definition) is 7. The van der Waals surface area contributed by atoms with Gasteiger partial charge in [-0.05, 0) is 42.3 Å². The lowest BCUT2D eigenvalue weighted by Crippen LogP contribution is -2.29. The number of benzene rings is 3. The summed E-state index contributed by atoms with van der Waals surface area (Å²) in [6, 6.07) is 19.6. The Morgan fingerprint density at radius 3 is 2.38 bits per heavy atom. The summed E-state index contributed by atoms with van der Waals surface area (Å²) in [5, 5.41) is 19.8. The first-order chi connectivity index (χ1) is 17.8. The Morgan fingerprint density at radius 1 is 1.03 bits per heavy atom. The Labute approximate surface area is 229 Å². The van der Waals surface area contributed by atoms with Gasteiger partial charge in [-0.25, -0.2) is 4.39 Å². The fourth-order valence-corrected chi connectivity index (χ4v) is 6.03. The predicted octanol–water partition coefficient (Wildman–Crippen LogP) is 6.67. The van der Waals surface area contributed by atoms with Gasteiger partial charge in [-0.3, -0.25) is 14.5 Å². The molecule has 1 atom stereocenters. The molecule has 5 rings (SSSR count). The molecule has 0 bridgehead atoms. The number of carbonyl (C=O) groups is 2. The van der Waals surface area contributed by atoms with Crippen LogP contribution in [0.3, 0.4) is 0 Å². The molecule has 0 radical (unpaired) electrons. The maximum absolute atomic E-state index is 13.3. The van der Waals surface area contributed by atoms with Gasteiger partial charge in [-0.2, -0.15) is 0 Å². The molecule has 4 aromatic rings. The fourth-order valence-electron chi connectivity index (χ4n) is 3.94. The van der Waals surface area contributed by atoms with Gasteiger partial charge in [0.05, 0.1) is 11.6 Å². The summed E-state index contributed by atoms with van der Waals surface area (Å²) in [5.41, 5.74) is 3.00. The molecular weight excluding hydrogens is 577 g/mol. The van der Waals surface area contributed by atoms with Gasteiger partial charge in [0.1, 0.15) is 11.6 Å². The van der Waals surface area contributed by atoms with Crippen LogP contribution in [0.25, 0.3) is 5.76 Å². The summed E-state index contributed by atoms with van der Waals surface area (Å²) in [6.45, 7) is 1.92. The minimum atomic E-state index is -0.877. The van der Waals surface area contributed by atoms with E-state index < -0.39 is 17.7 Å². The molecule has 186 valence electrons. The van der Waals surface area contributed by atoms with E-state index in [9.17, 15) is 19.1 Å². The summed E-state index contributed by atoms with van der Waals surface area (Å²) in [5.74, 6) is -1.59. The third kappa shape index (κ3) is 5.22. The van der Waals surface area contributed by atoms with E-state index in [1.54, 1.807) is 36.4 Å². The van der Waals surface area contributed by atoms with Crippen molar-refractivity contribution in [2.75, 3.05) is 4.90 Å². The highest BCUT2D eigenvalue weighted by atomic mass is 79.9. The normalized spacial score (nSPS) is 16.9. The van der Waals surface area contributed by atoms with E-state index in [-0.39, 0.29) is 22.3 Å². The molecule has 1 aliphatic rings. The second-order valence-corrected chi connectivity index (χ2v) is 11.4. The molecule has 1 aromatic heterocycles. The third-order valence-corrected chi connectivity index (χ3v) is 8.49. The number of hydrogen-bond donors (Lipinski definition) is 1. The fraction of sp³-hybridized carbons (Fsp3) is 0.111. The number of carbonyl (C=O) groups excluding carboxylic acids is 2. The highest BCUT2D eigenvalue weighted by molar-refractivity contribution is 9.10. The molecule has 1 aliphatic heterocycles. The van der Waals surface area contributed by atoms with Crippen LogP contribution in [0.4, 0.5) is 9.52 Å². The van der Waals surface area contributed by atoms with Crippen molar-refractivity contribution in [1.82, 2.24) is 10.2 Å². The lowest BCUT2D eigenvalue weighted by atomic mass is 9.95. The number of rotatable bonds is 6. The second-order valence-electron chi connectivity index (χ2n) is 8.35. The molecule has 0 aliphatic carbocycles. The summed E-state index contributed by atoms with van der Waals surface area (Å²) < 4.78 is 14.6. The molecule has 1 amide bonds.